The Morgan fingerprint density at radius 3 is 2.95 bits per heavy atom. The second-order valence-corrected chi connectivity index (χ2v) is 6.42. The van der Waals surface area contributed by atoms with Gasteiger partial charge in [0.15, 0.2) is 5.82 Å². The minimum absolute atomic E-state index is 0.00510. The van der Waals surface area contributed by atoms with Crippen molar-refractivity contribution in [3.63, 3.8) is 0 Å². The molecule has 3 heterocycles. The van der Waals surface area contributed by atoms with Crippen LogP contribution in [0.3, 0.4) is 0 Å². The average molecular weight is 319 g/mol. The lowest BCUT2D eigenvalue weighted by molar-refractivity contribution is -0.132. The molecule has 118 valence electrons. The van der Waals surface area contributed by atoms with Crippen LogP contribution in [0.4, 0.5) is 5.82 Å². The number of nitrogens with zero attached hydrogens (tertiary/aromatic N) is 4. The highest BCUT2D eigenvalue weighted by atomic mass is 32.1. The van der Waals surface area contributed by atoms with Crippen molar-refractivity contribution in [1.29, 1.82) is 0 Å². The molecule has 1 amide bonds. The van der Waals surface area contributed by atoms with Crippen LogP contribution < -0.4 is 10.6 Å². The number of likely N-dealkylation sites (N-methyl/N-ethyl adjacent to an activating group) is 1. The van der Waals surface area contributed by atoms with Gasteiger partial charge in [-0.1, -0.05) is 0 Å². The summed E-state index contributed by atoms with van der Waals surface area (Å²) in [6.45, 7) is 6.09. The molecule has 0 unspecified atom stereocenters. The molecule has 2 N–H and O–H groups in total. The van der Waals surface area contributed by atoms with Crippen LogP contribution in [0.25, 0.3) is 10.2 Å². The third-order valence-corrected chi connectivity index (χ3v) is 5.09. The summed E-state index contributed by atoms with van der Waals surface area (Å²) in [5.41, 5.74) is 7.06. The predicted molar refractivity (Wildman–Crippen MR) is 89.1 cm³/mol. The highest BCUT2D eigenvalue weighted by Gasteiger charge is 2.38. The second-order valence-electron chi connectivity index (χ2n) is 5.51. The summed E-state index contributed by atoms with van der Waals surface area (Å²) in [5, 5.41) is 2.00. The van der Waals surface area contributed by atoms with E-state index in [9.17, 15) is 4.79 Å². The first kappa shape index (κ1) is 15.2. The number of amides is 1. The number of hydrogen-bond acceptors (Lipinski definition) is 6. The summed E-state index contributed by atoms with van der Waals surface area (Å²) in [4.78, 5) is 25.4. The van der Waals surface area contributed by atoms with Crippen molar-refractivity contribution in [3.05, 3.63) is 17.8 Å². The van der Waals surface area contributed by atoms with Crippen LogP contribution in [0, 0.1) is 0 Å². The summed E-state index contributed by atoms with van der Waals surface area (Å²) < 4.78 is 1.02. The fourth-order valence-electron chi connectivity index (χ4n) is 3.06. The first-order valence-electron chi connectivity index (χ1n) is 7.64. The third kappa shape index (κ3) is 2.55. The summed E-state index contributed by atoms with van der Waals surface area (Å²) >= 11 is 1.60. The van der Waals surface area contributed by atoms with Gasteiger partial charge in [0.05, 0.1) is 10.2 Å². The molecule has 2 aromatic rings. The normalized spacial score (nSPS) is 21.5. The zero-order valence-corrected chi connectivity index (χ0v) is 13.7. The van der Waals surface area contributed by atoms with Gasteiger partial charge >= 0.3 is 0 Å². The molecular weight excluding hydrogens is 298 g/mol. The van der Waals surface area contributed by atoms with Crippen LogP contribution in [0.5, 0.6) is 0 Å². The standard InChI is InChI=1S/C15H21N5OS/c1-3-19(4-2)15(21)12-7-10(16)8-20(12)14-13-11(5-6-22-13)17-9-18-14/h5-6,9-10,12H,3-4,7-8,16H2,1-2H3/t10-,12-/m0/s1. The first-order chi connectivity index (χ1) is 10.7. The van der Waals surface area contributed by atoms with Crippen molar-refractivity contribution < 1.29 is 4.79 Å². The molecule has 0 bridgehead atoms. The number of fused-ring (bicyclic) bond motifs is 1. The average Bonchev–Trinajstić information content (AvgIpc) is 3.14. The Morgan fingerprint density at radius 1 is 1.45 bits per heavy atom. The molecule has 2 atom stereocenters. The Balaban J connectivity index is 1.97. The SMILES string of the molecule is CCN(CC)C(=O)[C@@H]1C[C@H](N)CN1c1ncnc2ccsc12. The molecule has 1 aliphatic rings. The molecule has 0 saturated carbocycles. The molecule has 0 radical (unpaired) electrons. The van der Waals surface area contributed by atoms with Gasteiger partial charge in [-0.05, 0) is 31.7 Å². The summed E-state index contributed by atoms with van der Waals surface area (Å²) in [5.74, 6) is 0.972. The fourth-order valence-corrected chi connectivity index (χ4v) is 3.91. The van der Waals surface area contributed by atoms with E-state index in [0.29, 0.717) is 26.1 Å². The van der Waals surface area contributed by atoms with E-state index in [1.54, 1.807) is 17.7 Å². The number of rotatable bonds is 4. The molecule has 6 nitrogen and oxygen atoms in total. The molecule has 0 spiro atoms. The van der Waals surface area contributed by atoms with Crippen molar-refractivity contribution in [3.8, 4) is 0 Å². The van der Waals surface area contributed by atoms with Gasteiger partial charge in [0.1, 0.15) is 12.4 Å². The number of thiophene rings is 1. The van der Waals surface area contributed by atoms with Gasteiger partial charge in [-0.25, -0.2) is 9.97 Å². The molecule has 7 heteroatoms. The maximum atomic E-state index is 12.8. The molecule has 2 aromatic heterocycles. The monoisotopic (exact) mass is 319 g/mol. The summed E-state index contributed by atoms with van der Waals surface area (Å²) in [7, 11) is 0. The minimum Gasteiger partial charge on any atom is -0.342 e. The van der Waals surface area contributed by atoms with Crippen LogP contribution in [-0.4, -0.2) is 52.5 Å². The summed E-state index contributed by atoms with van der Waals surface area (Å²) in [6, 6.07) is 1.74. The lowest BCUT2D eigenvalue weighted by Crippen LogP contribution is -2.46. The molecule has 1 fully saturated rings. The van der Waals surface area contributed by atoms with Crippen LogP contribution in [0.2, 0.25) is 0 Å². The van der Waals surface area contributed by atoms with Crippen molar-refractivity contribution in [1.82, 2.24) is 14.9 Å². The van der Waals surface area contributed by atoms with Crippen LogP contribution in [-0.2, 0) is 4.79 Å². The smallest absolute Gasteiger partial charge is 0.245 e. The Hall–Kier alpha value is -1.73. The van der Waals surface area contributed by atoms with Gasteiger partial charge in [0.2, 0.25) is 5.91 Å². The zero-order chi connectivity index (χ0) is 15.7. The number of nitrogens with two attached hydrogens (primary N) is 1. The maximum Gasteiger partial charge on any atom is 0.245 e. The molecular formula is C15H21N5OS. The van der Waals surface area contributed by atoms with Crippen LogP contribution in [0.15, 0.2) is 17.8 Å². The Morgan fingerprint density at radius 2 is 2.23 bits per heavy atom. The van der Waals surface area contributed by atoms with E-state index in [-0.39, 0.29) is 18.0 Å². The number of carbonyl (C=O) groups excluding carboxylic acids is 1. The lowest BCUT2D eigenvalue weighted by Gasteiger charge is -2.29. The molecule has 0 aromatic carbocycles. The van der Waals surface area contributed by atoms with E-state index in [1.165, 1.54) is 0 Å². The molecule has 22 heavy (non-hydrogen) atoms. The Labute approximate surface area is 133 Å². The first-order valence-corrected chi connectivity index (χ1v) is 8.52. The quantitative estimate of drug-likeness (QED) is 0.923. The number of anilines is 1. The number of aromatic nitrogens is 2. The third-order valence-electron chi connectivity index (χ3n) is 4.19. The van der Waals surface area contributed by atoms with Crippen molar-refractivity contribution >= 4 is 33.3 Å². The maximum absolute atomic E-state index is 12.8. The highest BCUT2D eigenvalue weighted by molar-refractivity contribution is 7.17. The van der Waals surface area contributed by atoms with Crippen LogP contribution in [0.1, 0.15) is 20.3 Å². The van der Waals surface area contributed by atoms with Gasteiger partial charge < -0.3 is 15.5 Å². The topological polar surface area (TPSA) is 75.3 Å². The molecule has 1 saturated heterocycles. The van der Waals surface area contributed by atoms with E-state index < -0.39 is 0 Å². The minimum atomic E-state index is -0.227. The Kier molecular flexibility index (Phi) is 4.26. The van der Waals surface area contributed by atoms with Crippen molar-refractivity contribution in [2.24, 2.45) is 5.73 Å². The van der Waals surface area contributed by atoms with E-state index in [0.717, 1.165) is 16.0 Å². The van der Waals surface area contributed by atoms with Crippen molar-refractivity contribution in [2.75, 3.05) is 24.5 Å². The van der Waals surface area contributed by atoms with Gasteiger partial charge in [-0.15, -0.1) is 11.3 Å². The number of hydrogen-bond donors (Lipinski definition) is 1. The molecule has 0 aliphatic carbocycles. The number of carbonyl (C=O) groups is 1. The highest BCUT2D eigenvalue weighted by Crippen LogP contribution is 2.32. The Bertz CT molecular complexity index is 669. The second kappa shape index (κ2) is 6.18. The van der Waals surface area contributed by atoms with E-state index in [2.05, 4.69) is 14.9 Å². The van der Waals surface area contributed by atoms with Gasteiger partial charge in [-0.3, -0.25) is 4.79 Å². The lowest BCUT2D eigenvalue weighted by atomic mass is 10.1. The van der Waals surface area contributed by atoms with Gasteiger partial charge in [0.25, 0.3) is 0 Å². The van der Waals surface area contributed by atoms with Gasteiger partial charge in [-0.2, -0.15) is 0 Å². The van der Waals surface area contributed by atoms with E-state index in [1.807, 2.05) is 30.2 Å². The van der Waals surface area contributed by atoms with Gasteiger partial charge in [0, 0.05) is 25.7 Å². The van der Waals surface area contributed by atoms with Crippen LogP contribution >= 0.6 is 11.3 Å². The predicted octanol–water partition coefficient (Wildman–Crippen LogP) is 1.47. The van der Waals surface area contributed by atoms with E-state index in [4.69, 9.17) is 5.73 Å². The zero-order valence-electron chi connectivity index (χ0n) is 12.9. The molecule has 1 aliphatic heterocycles. The molecule has 3 rings (SSSR count). The van der Waals surface area contributed by atoms with E-state index >= 15 is 0 Å². The fraction of sp³-hybridized carbons (Fsp3) is 0.533. The largest absolute Gasteiger partial charge is 0.342 e. The summed E-state index contributed by atoms with van der Waals surface area (Å²) in [6.07, 6.45) is 2.24. The van der Waals surface area contributed by atoms with Crippen molar-refractivity contribution in [2.45, 2.75) is 32.4 Å².